The predicted molar refractivity (Wildman–Crippen MR) is 45.8 cm³/mol. The standard InChI is InChI=1S/C9H10N2/c1-2-11-7-8-5-3-4-6-9(8)10-11/h2-6,10H,1,7H2. The van der Waals surface area contributed by atoms with E-state index >= 15 is 0 Å². The smallest absolute Gasteiger partial charge is 0.0658 e. The van der Waals surface area contributed by atoms with Gasteiger partial charge in [-0.05, 0) is 11.6 Å². The summed E-state index contributed by atoms with van der Waals surface area (Å²) in [4.78, 5) is 0. The van der Waals surface area contributed by atoms with Crippen LogP contribution >= 0.6 is 0 Å². The number of para-hydroxylation sites is 1. The van der Waals surface area contributed by atoms with Gasteiger partial charge in [0.05, 0.1) is 12.2 Å². The largest absolute Gasteiger partial charge is 0.298 e. The van der Waals surface area contributed by atoms with E-state index in [-0.39, 0.29) is 0 Å². The lowest BCUT2D eigenvalue weighted by molar-refractivity contribution is 0.474. The van der Waals surface area contributed by atoms with Crippen molar-refractivity contribution in [1.29, 1.82) is 0 Å². The summed E-state index contributed by atoms with van der Waals surface area (Å²) < 4.78 is 0. The Balaban J connectivity index is 2.33. The molecule has 2 nitrogen and oxygen atoms in total. The van der Waals surface area contributed by atoms with Gasteiger partial charge in [0.15, 0.2) is 0 Å². The Morgan fingerprint density at radius 2 is 2.27 bits per heavy atom. The van der Waals surface area contributed by atoms with Gasteiger partial charge in [-0.2, -0.15) is 0 Å². The Hall–Kier alpha value is -1.44. The number of fused-ring (bicyclic) bond motifs is 1. The van der Waals surface area contributed by atoms with Gasteiger partial charge in [-0.3, -0.25) is 10.4 Å². The first-order chi connectivity index (χ1) is 5.40. The zero-order valence-corrected chi connectivity index (χ0v) is 6.25. The molecule has 0 fully saturated rings. The number of nitrogens with zero attached hydrogens (tertiary/aromatic N) is 1. The molecule has 1 aromatic carbocycles. The van der Waals surface area contributed by atoms with E-state index < -0.39 is 0 Å². The van der Waals surface area contributed by atoms with Crippen molar-refractivity contribution in [2.45, 2.75) is 6.54 Å². The quantitative estimate of drug-likeness (QED) is 0.651. The minimum absolute atomic E-state index is 0.916. The van der Waals surface area contributed by atoms with Gasteiger partial charge in [-0.1, -0.05) is 24.8 Å². The molecule has 11 heavy (non-hydrogen) atoms. The summed E-state index contributed by atoms with van der Waals surface area (Å²) in [6.45, 7) is 4.61. The second kappa shape index (κ2) is 2.31. The average molecular weight is 146 g/mol. The molecule has 2 rings (SSSR count). The minimum atomic E-state index is 0.916. The zero-order chi connectivity index (χ0) is 7.68. The Labute approximate surface area is 66.1 Å². The fraction of sp³-hybridized carbons (Fsp3) is 0.111. The molecule has 0 amide bonds. The van der Waals surface area contributed by atoms with Gasteiger partial charge in [0, 0.05) is 6.20 Å². The highest BCUT2D eigenvalue weighted by atomic mass is 15.5. The zero-order valence-electron chi connectivity index (χ0n) is 6.25. The van der Waals surface area contributed by atoms with Gasteiger partial charge >= 0.3 is 0 Å². The molecule has 0 aromatic heterocycles. The van der Waals surface area contributed by atoms with Crippen LogP contribution in [-0.4, -0.2) is 5.01 Å². The van der Waals surface area contributed by atoms with Crippen molar-refractivity contribution in [2.75, 3.05) is 5.43 Å². The molecular formula is C9H10N2. The Kier molecular flexibility index (Phi) is 1.32. The molecule has 1 aliphatic heterocycles. The molecule has 0 radical (unpaired) electrons. The average Bonchev–Trinajstić information content (AvgIpc) is 2.46. The predicted octanol–water partition coefficient (Wildman–Crippen LogP) is 1.97. The number of hydrazine groups is 1. The molecule has 0 unspecified atom stereocenters. The van der Waals surface area contributed by atoms with Gasteiger partial charge in [0.2, 0.25) is 0 Å². The van der Waals surface area contributed by atoms with E-state index in [9.17, 15) is 0 Å². The number of benzene rings is 1. The second-order valence-corrected chi connectivity index (χ2v) is 2.58. The molecule has 56 valence electrons. The summed E-state index contributed by atoms with van der Waals surface area (Å²) in [5.41, 5.74) is 5.71. The number of hydrogen-bond donors (Lipinski definition) is 1. The summed E-state index contributed by atoms with van der Waals surface area (Å²) in [6.07, 6.45) is 1.79. The van der Waals surface area contributed by atoms with Crippen molar-refractivity contribution >= 4 is 5.69 Å². The van der Waals surface area contributed by atoms with Crippen LogP contribution in [0.2, 0.25) is 0 Å². The molecule has 1 aliphatic rings. The number of nitrogens with one attached hydrogen (secondary N) is 1. The van der Waals surface area contributed by atoms with Crippen molar-refractivity contribution in [2.24, 2.45) is 0 Å². The summed E-state index contributed by atoms with van der Waals surface area (Å²) in [7, 11) is 0. The highest BCUT2D eigenvalue weighted by molar-refractivity contribution is 5.53. The highest BCUT2D eigenvalue weighted by Gasteiger charge is 2.12. The Morgan fingerprint density at radius 3 is 3.00 bits per heavy atom. The van der Waals surface area contributed by atoms with Gasteiger partial charge in [-0.15, -0.1) is 0 Å². The van der Waals surface area contributed by atoms with Crippen LogP contribution in [0.4, 0.5) is 5.69 Å². The molecule has 0 saturated carbocycles. The molecular weight excluding hydrogens is 136 g/mol. The van der Waals surface area contributed by atoms with Crippen molar-refractivity contribution in [3.63, 3.8) is 0 Å². The number of rotatable bonds is 1. The van der Waals surface area contributed by atoms with Crippen molar-refractivity contribution in [3.05, 3.63) is 42.6 Å². The maximum absolute atomic E-state index is 3.69. The number of anilines is 1. The third kappa shape index (κ3) is 0.963. The second-order valence-electron chi connectivity index (χ2n) is 2.58. The van der Waals surface area contributed by atoms with Gasteiger partial charge in [0.1, 0.15) is 0 Å². The number of hydrogen-bond acceptors (Lipinski definition) is 2. The fourth-order valence-electron chi connectivity index (χ4n) is 1.26. The topological polar surface area (TPSA) is 15.3 Å². The summed E-state index contributed by atoms with van der Waals surface area (Å²) >= 11 is 0. The molecule has 2 heteroatoms. The van der Waals surface area contributed by atoms with Crippen LogP contribution in [0.3, 0.4) is 0 Å². The third-order valence-corrected chi connectivity index (χ3v) is 1.84. The first-order valence-corrected chi connectivity index (χ1v) is 3.64. The fourth-order valence-corrected chi connectivity index (χ4v) is 1.26. The monoisotopic (exact) mass is 146 g/mol. The maximum Gasteiger partial charge on any atom is 0.0658 e. The van der Waals surface area contributed by atoms with Gasteiger partial charge in [-0.25, -0.2) is 0 Å². The summed E-state index contributed by atoms with van der Waals surface area (Å²) in [5, 5.41) is 1.96. The first kappa shape index (κ1) is 6.28. The molecule has 1 aromatic rings. The van der Waals surface area contributed by atoms with E-state index in [1.54, 1.807) is 6.20 Å². The lowest BCUT2D eigenvalue weighted by Gasteiger charge is -2.10. The van der Waals surface area contributed by atoms with Crippen LogP contribution in [0, 0.1) is 0 Å². The highest BCUT2D eigenvalue weighted by Crippen LogP contribution is 2.23. The Bertz CT molecular complexity index is 256. The molecule has 0 spiro atoms. The van der Waals surface area contributed by atoms with E-state index in [1.165, 1.54) is 11.3 Å². The first-order valence-electron chi connectivity index (χ1n) is 3.64. The van der Waals surface area contributed by atoms with E-state index in [2.05, 4.69) is 24.1 Å². The molecule has 0 bridgehead atoms. The summed E-state index contributed by atoms with van der Waals surface area (Å²) in [5.74, 6) is 0. The lowest BCUT2D eigenvalue weighted by Crippen LogP contribution is -2.14. The third-order valence-electron chi connectivity index (χ3n) is 1.84. The minimum Gasteiger partial charge on any atom is -0.298 e. The van der Waals surface area contributed by atoms with E-state index in [0.717, 1.165) is 6.54 Å². The normalized spacial score (nSPS) is 14.0. The Morgan fingerprint density at radius 1 is 1.45 bits per heavy atom. The van der Waals surface area contributed by atoms with Gasteiger partial charge in [0.25, 0.3) is 0 Å². The van der Waals surface area contributed by atoms with E-state index in [4.69, 9.17) is 0 Å². The molecule has 0 atom stereocenters. The van der Waals surface area contributed by atoms with Crippen LogP contribution < -0.4 is 5.43 Å². The van der Waals surface area contributed by atoms with Crippen molar-refractivity contribution < 1.29 is 0 Å². The van der Waals surface area contributed by atoms with Crippen LogP contribution in [-0.2, 0) is 6.54 Å². The molecule has 0 aliphatic carbocycles. The SMILES string of the molecule is C=CN1Cc2ccccc2N1. The van der Waals surface area contributed by atoms with Crippen LogP contribution in [0.25, 0.3) is 0 Å². The molecule has 1 N–H and O–H groups in total. The van der Waals surface area contributed by atoms with Crippen LogP contribution in [0.1, 0.15) is 5.56 Å². The van der Waals surface area contributed by atoms with E-state index in [0.29, 0.717) is 0 Å². The van der Waals surface area contributed by atoms with Crippen LogP contribution in [0.5, 0.6) is 0 Å². The van der Waals surface area contributed by atoms with Crippen molar-refractivity contribution in [1.82, 2.24) is 5.01 Å². The van der Waals surface area contributed by atoms with E-state index in [1.807, 2.05) is 17.1 Å². The van der Waals surface area contributed by atoms with Gasteiger partial charge < -0.3 is 0 Å². The van der Waals surface area contributed by atoms with Crippen molar-refractivity contribution in [3.8, 4) is 0 Å². The molecule has 1 heterocycles. The maximum atomic E-state index is 3.69. The summed E-state index contributed by atoms with van der Waals surface area (Å²) in [6, 6.07) is 8.26. The van der Waals surface area contributed by atoms with Crippen LogP contribution in [0.15, 0.2) is 37.0 Å². The lowest BCUT2D eigenvalue weighted by atomic mass is 10.2. The molecule has 0 saturated heterocycles.